The first-order valence-corrected chi connectivity index (χ1v) is 7.97. The number of rotatable bonds is 5. The van der Waals surface area contributed by atoms with Gasteiger partial charge >= 0.3 is 0 Å². The number of aromatic nitrogens is 1. The van der Waals surface area contributed by atoms with E-state index in [0.717, 1.165) is 5.56 Å². The van der Waals surface area contributed by atoms with E-state index < -0.39 is 11.7 Å². The first-order valence-electron chi connectivity index (χ1n) is 7.97. The lowest BCUT2D eigenvalue weighted by atomic mass is 10.2. The molecule has 0 radical (unpaired) electrons. The molecule has 2 amide bonds. The van der Waals surface area contributed by atoms with E-state index in [1.54, 1.807) is 6.07 Å². The standard InChI is InChI=1S/C20H16FN3O2/c21-16-7-4-8-17(12-16)24-19(25)15-9-10-22-18(11-15)20(26)23-13-14-5-2-1-3-6-14/h1-12H,13H2,(H,23,26)(H,24,25). The van der Waals surface area contributed by atoms with Gasteiger partial charge in [0.05, 0.1) is 0 Å². The Bertz CT molecular complexity index is 929. The molecule has 2 aromatic carbocycles. The summed E-state index contributed by atoms with van der Waals surface area (Å²) in [7, 11) is 0. The molecular formula is C20H16FN3O2. The van der Waals surface area contributed by atoms with Crippen LogP contribution < -0.4 is 10.6 Å². The van der Waals surface area contributed by atoms with Crippen LogP contribution in [0.1, 0.15) is 26.4 Å². The van der Waals surface area contributed by atoms with Crippen LogP contribution in [0.3, 0.4) is 0 Å². The van der Waals surface area contributed by atoms with Gasteiger partial charge in [0.1, 0.15) is 11.5 Å². The molecule has 0 spiro atoms. The van der Waals surface area contributed by atoms with Crippen molar-refractivity contribution in [3.63, 3.8) is 0 Å². The molecule has 1 aromatic heterocycles. The second-order valence-corrected chi connectivity index (χ2v) is 5.56. The van der Waals surface area contributed by atoms with E-state index >= 15 is 0 Å². The summed E-state index contributed by atoms with van der Waals surface area (Å²) >= 11 is 0. The summed E-state index contributed by atoms with van der Waals surface area (Å²) in [4.78, 5) is 28.5. The number of anilines is 1. The second kappa shape index (κ2) is 8.02. The molecule has 6 heteroatoms. The Labute approximate surface area is 149 Å². The van der Waals surface area contributed by atoms with Crippen molar-refractivity contribution in [3.05, 3.63) is 95.6 Å². The van der Waals surface area contributed by atoms with E-state index in [1.165, 1.54) is 36.5 Å². The number of pyridine rings is 1. The van der Waals surface area contributed by atoms with Crippen molar-refractivity contribution in [3.8, 4) is 0 Å². The number of halogens is 1. The minimum atomic E-state index is -0.449. The van der Waals surface area contributed by atoms with Gasteiger partial charge in [-0.15, -0.1) is 0 Å². The Kier molecular flexibility index (Phi) is 5.34. The maximum absolute atomic E-state index is 13.2. The fourth-order valence-corrected chi connectivity index (χ4v) is 2.33. The van der Waals surface area contributed by atoms with Gasteiger partial charge in [0.15, 0.2) is 0 Å². The number of nitrogens with one attached hydrogen (secondary N) is 2. The number of carbonyl (C=O) groups excluding carboxylic acids is 2. The largest absolute Gasteiger partial charge is 0.347 e. The Hall–Kier alpha value is -3.54. The van der Waals surface area contributed by atoms with Crippen LogP contribution in [-0.2, 0) is 6.54 Å². The van der Waals surface area contributed by atoms with E-state index in [4.69, 9.17) is 0 Å². The third-order valence-corrected chi connectivity index (χ3v) is 3.63. The normalized spacial score (nSPS) is 10.2. The van der Waals surface area contributed by atoms with Crippen molar-refractivity contribution in [1.29, 1.82) is 0 Å². The molecule has 3 aromatic rings. The van der Waals surface area contributed by atoms with Crippen molar-refractivity contribution in [1.82, 2.24) is 10.3 Å². The lowest BCUT2D eigenvalue weighted by molar-refractivity contribution is 0.0946. The molecule has 0 aliphatic carbocycles. The zero-order chi connectivity index (χ0) is 18.4. The van der Waals surface area contributed by atoms with E-state index in [0.29, 0.717) is 12.2 Å². The lowest BCUT2D eigenvalue weighted by Crippen LogP contribution is -2.24. The van der Waals surface area contributed by atoms with Gasteiger partial charge in [0.2, 0.25) is 0 Å². The van der Waals surface area contributed by atoms with Crippen molar-refractivity contribution in [2.75, 3.05) is 5.32 Å². The molecule has 3 rings (SSSR count). The van der Waals surface area contributed by atoms with Crippen molar-refractivity contribution in [2.45, 2.75) is 6.54 Å². The van der Waals surface area contributed by atoms with Gasteiger partial charge in [-0.25, -0.2) is 4.39 Å². The van der Waals surface area contributed by atoms with Gasteiger partial charge in [-0.1, -0.05) is 36.4 Å². The Morgan fingerprint density at radius 3 is 2.50 bits per heavy atom. The van der Waals surface area contributed by atoms with Crippen LogP contribution in [-0.4, -0.2) is 16.8 Å². The summed E-state index contributed by atoms with van der Waals surface area (Å²) in [5, 5.41) is 5.34. The van der Waals surface area contributed by atoms with E-state index in [9.17, 15) is 14.0 Å². The van der Waals surface area contributed by atoms with Crippen LogP contribution in [0.15, 0.2) is 72.9 Å². The Morgan fingerprint density at radius 2 is 1.73 bits per heavy atom. The topological polar surface area (TPSA) is 71.1 Å². The van der Waals surface area contributed by atoms with Crippen molar-refractivity contribution < 1.29 is 14.0 Å². The van der Waals surface area contributed by atoms with E-state index in [1.807, 2.05) is 30.3 Å². The van der Waals surface area contributed by atoms with Gasteiger partial charge in [-0.05, 0) is 35.9 Å². The summed E-state index contributed by atoms with van der Waals surface area (Å²) in [6.07, 6.45) is 1.39. The summed E-state index contributed by atoms with van der Waals surface area (Å²) in [5.41, 5.74) is 1.68. The van der Waals surface area contributed by atoms with Crippen molar-refractivity contribution in [2.24, 2.45) is 0 Å². The molecule has 0 saturated carbocycles. The molecule has 0 aliphatic rings. The highest BCUT2D eigenvalue weighted by Gasteiger charge is 2.12. The number of amides is 2. The smallest absolute Gasteiger partial charge is 0.270 e. The monoisotopic (exact) mass is 349 g/mol. The first-order chi connectivity index (χ1) is 12.6. The lowest BCUT2D eigenvalue weighted by Gasteiger charge is -2.08. The molecule has 0 fully saturated rings. The highest BCUT2D eigenvalue weighted by atomic mass is 19.1. The molecule has 0 bridgehead atoms. The number of nitrogens with zero attached hydrogens (tertiary/aromatic N) is 1. The maximum Gasteiger partial charge on any atom is 0.270 e. The average molecular weight is 349 g/mol. The summed E-state index contributed by atoms with van der Waals surface area (Å²) in [6.45, 7) is 0.362. The second-order valence-electron chi connectivity index (χ2n) is 5.56. The quantitative estimate of drug-likeness (QED) is 0.742. The summed E-state index contributed by atoms with van der Waals surface area (Å²) in [6, 6.07) is 17.9. The highest BCUT2D eigenvalue weighted by Crippen LogP contribution is 2.12. The third kappa shape index (κ3) is 4.51. The van der Waals surface area contributed by atoms with Gasteiger partial charge in [0.25, 0.3) is 11.8 Å². The molecule has 1 heterocycles. The SMILES string of the molecule is O=C(Nc1cccc(F)c1)c1ccnc(C(=O)NCc2ccccc2)c1. The Morgan fingerprint density at radius 1 is 0.923 bits per heavy atom. The van der Waals surface area contributed by atoms with Gasteiger partial charge in [0, 0.05) is 24.0 Å². The highest BCUT2D eigenvalue weighted by molar-refractivity contribution is 6.05. The molecule has 2 N–H and O–H groups in total. The molecule has 130 valence electrons. The number of carbonyl (C=O) groups is 2. The van der Waals surface area contributed by atoms with Crippen LogP contribution in [0, 0.1) is 5.82 Å². The molecular weight excluding hydrogens is 333 g/mol. The van der Waals surface area contributed by atoms with Crippen LogP contribution in [0.25, 0.3) is 0 Å². The fourth-order valence-electron chi connectivity index (χ4n) is 2.33. The Balaban J connectivity index is 1.67. The molecule has 5 nitrogen and oxygen atoms in total. The predicted molar refractivity (Wildman–Crippen MR) is 96.2 cm³/mol. The van der Waals surface area contributed by atoms with Crippen LogP contribution >= 0.6 is 0 Å². The molecule has 0 atom stereocenters. The van der Waals surface area contributed by atoms with E-state index in [-0.39, 0.29) is 17.2 Å². The van der Waals surface area contributed by atoms with Gasteiger partial charge in [-0.2, -0.15) is 0 Å². The van der Waals surface area contributed by atoms with Crippen LogP contribution in [0.2, 0.25) is 0 Å². The average Bonchev–Trinajstić information content (AvgIpc) is 2.67. The first kappa shape index (κ1) is 17.3. The maximum atomic E-state index is 13.2. The predicted octanol–water partition coefficient (Wildman–Crippen LogP) is 3.40. The van der Waals surface area contributed by atoms with Crippen molar-refractivity contribution >= 4 is 17.5 Å². The number of hydrogen-bond donors (Lipinski definition) is 2. The molecule has 0 unspecified atom stereocenters. The fraction of sp³-hybridized carbons (Fsp3) is 0.0500. The van der Waals surface area contributed by atoms with Gasteiger partial charge < -0.3 is 10.6 Å². The number of benzene rings is 2. The minimum Gasteiger partial charge on any atom is -0.347 e. The third-order valence-electron chi connectivity index (χ3n) is 3.63. The summed E-state index contributed by atoms with van der Waals surface area (Å²) in [5.74, 6) is -1.28. The van der Waals surface area contributed by atoms with Gasteiger partial charge in [-0.3, -0.25) is 14.6 Å². The number of hydrogen-bond acceptors (Lipinski definition) is 3. The summed E-state index contributed by atoms with van der Waals surface area (Å²) < 4.78 is 13.2. The molecule has 26 heavy (non-hydrogen) atoms. The molecule has 0 aliphatic heterocycles. The van der Waals surface area contributed by atoms with Crippen LogP contribution in [0.4, 0.5) is 10.1 Å². The zero-order valence-corrected chi connectivity index (χ0v) is 13.8. The van der Waals surface area contributed by atoms with Crippen LogP contribution in [0.5, 0.6) is 0 Å². The minimum absolute atomic E-state index is 0.132. The zero-order valence-electron chi connectivity index (χ0n) is 13.8. The van der Waals surface area contributed by atoms with E-state index in [2.05, 4.69) is 15.6 Å². The molecule has 0 saturated heterocycles.